The van der Waals surface area contributed by atoms with Crippen LogP contribution in [0.1, 0.15) is 23.7 Å². The molecule has 1 atom stereocenters. The molecule has 2 aromatic heterocycles. The van der Waals surface area contributed by atoms with Crippen LogP contribution < -0.4 is 5.32 Å². The average Bonchev–Trinajstić information content (AvgIpc) is 3.06. The van der Waals surface area contributed by atoms with Crippen LogP contribution >= 0.6 is 0 Å². The second kappa shape index (κ2) is 5.88. The van der Waals surface area contributed by atoms with Gasteiger partial charge in [0.15, 0.2) is 0 Å². The van der Waals surface area contributed by atoms with Crippen LogP contribution in [0.5, 0.6) is 0 Å². The van der Waals surface area contributed by atoms with E-state index in [0.29, 0.717) is 5.76 Å². The summed E-state index contributed by atoms with van der Waals surface area (Å²) in [6, 6.07) is 5.43. The van der Waals surface area contributed by atoms with Gasteiger partial charge in [0, 0.05) is 0 Å². The SMILES string of the molecule is Cc1ccc(C(O)(CC(=O)NCc2ccco2)C(F)(F)F)o1. The lowest BCUT2D eigenvalue weighted by molar-refractivity contribution is -0.273. The molecule has 0 aliphatic carbocycles. The Morgan fingerprint density at radius 1 is 1.32 bits per heavy atom. The van der Waals surface area contributed by atoms with E-state index < -0.39 is 29.9 Å². The first-order valence-corrected chi connectivity index (χ1v) is 6.37. The number of amides is 1. The molecule has 8 heteroatoms. The first-order chi connectivity index (χ1) is 10.2. The predicted octanol–water partition coefficient (Wildman–Crippen LogP) is 2.64. The molecular weight excluding hydrogens is 303 g/mol. The number of carbonyl (C=O) groups excluding carboxylic acids is 1. The smallest absolute Gasteiger partial charge is 0.425 e. The van der Waals surface area contributed by atoms with Crippen molar-refractivity contribution in [2.24, 2.45) is 0 Å². The summed E-state index contributed by atoms with van der Waals surface area (Å²) in [5.41, 5.74) is -3.38. The van der Waals surface area contributed by atoms with Gasteiger partial charge in [-0.15, -0.1) is 0 Å². The van der Waals surface area contributed by atoms with Gasteiger partial charge in [0.2, 0.25) is 11.5 Å². The van der Waals surface area contributed by atoms with Crippen LogP contribution in [0.4, 0.5) is 13.2 Å². The molecule has 0 saturated heterocycles. The van der Waals surface area contributed by atoms with Gasteiger partial charge >= 0.3 is 6.18 Å². The van der Waals surface area contributed by atoms with Crippen LogP contribution in [0.3, 0.4) is 0 Å². The summed E-state index contributed by atoms with van der Waals surface area (Å²) < 4.78 is 49.3. The van der Waals surface area contributed by atoms with Crippen LogP contribution in [0.15, 0.2) is 39.4 Å². The number of halogens is 3. The molecule has 0 spiro atoms. The van der Waals surface area contributed by atoms with E-state index in [1.807, 2.05) is 0 Å². The first kappa shape index (κ1) is 16.2. The van der Waals surface area contributed by atoms with Gasteiger partial charge in [-0.05, 0) is 31.2 Å². The van der Waals surface area contributed by atoms with Gasteiger partial charge in [0.1, 0.15) is 17.3 Å². The van der Waals surface area contributed by atoms with Gasteiger partial charge in [-0.3, -0.25) is 4.79 Å². The number of hydrogen-bond donors (Lipinski definition) is 2. The molecule has 0 fully saturated rings. The molecular formula is C14H14F3NO4. The Kier molecular flexibility index (Phi) is 4.32. The van der Waals surface area contributed by atoms with Crippen molar-refractivity contribution in [3.05, 3.63) is 47.8 Å². The van der Waals surface area contributed by atoms with Crippen molar-refractivity contribution in [2.75, 3.05) is 0 Å². The molecule has 2 aromatic rings. The van der Waals surface area contributed by atoms with Crippen LogP contribution in [0.25, 0.3) is 0 Å². The zero-order valence-electron chi connectivity index (χ0n) is 11.6. The molecule has 2 heterocycles. The Bertz CT molecular complexity index is 633. The Balaban J connectivity index is 2.11. The van der Waals surface area contributed by atoms with Crippen LogP contribution in [0.2, 0.25) is 0 Å². The first-order valence-electron chi connectivity index (χ1n) is 6.37. The fraction of sp³-hybridized carbons (Fsp3) is 0.357. The van der Waals surface area contributed by atoms with Gasteiger partial charge in [0.25, 0.3) is 0 Å². The fourth-order valence-corrected chi connectivity index (χ4v) is 1.88. The molecule has 22 heavy (non-hydrogen) atoms. The lowest BCUT2D eigenvalue weighted by Gasteiger charge is -2.27. The summed E-state index contributed by atoms with van der Waals surface area (Å²) in [5.74, 6) is -1.11. The average molecular weight is 317 g/mol. The lowest BCUT2D eigenvalue weighted by atomic mass is 9.95. The Hall–Kier alpha value is -2.22. The minimum Gasteiger partial charge on any atom is -0.467 e. The Morgan fingerprint density at radius 3 is 2.55 bits per heavy atom. The maximum absolute atomic E-state index is 13.2. The molecule has 0 saturated carbocycles. The van der Waals surface area contributed by atoms with E-state index in [-0.39, 0.29) is 12.3 Å². The molecule has 2 rings (SSSR count). The second-order valence-electron chi connectivity index (χ2n) is 4.80. The van der Waals surface area contributed by atoms with E-state index in [2.05, 4.69) is 5.32 Å². The summed E-state index contributed by atoms with van der Waals surface area (Å²) in [4.78, 5) is 11.7. The monoisotopic (exact) mass is 317 g/mol. The minimum absolute atomic E-state index is 0.0725. The number of furan rings is 2. The quantitative estimate of drug-likeness (QED) is 0.889. The molecule has 1 unspecified atom stereocenters. The van der Waals surface area contributed by atoms with E-state index >= 15 is 0 Å². The number of carbonyl (C=O) groups is 1. The summed E-state index contributed by atoms with van der Waals surface area (Å²) in [7, 11) is 0. The van der Waals surface area contributed by atoms with Gasteiger partial charge in [-0.2, -0.15) is 13.2 Å². The summed E-state index contributed by atoms with van der Waals surface area (Å²) >= 11 is 0. The highest BCUT2D eigenvalue weighted by Crippen LogP contribution is 2.42. The molecule has 0 aliphatic rings. The predicted molar refractivity (Wildman–Crippen MR) is 68.6 cm³/mol. The molecule has 0 aliphatic heterocycles. The highest BCUT2D eigenvalue weighted by Gasteiger charge is 2.58. The zero-order chi connectivity index (χ0) is 16.4. The van der Waals surface area contributed by atoms with E-state index in [1.54, 1.807) is 12.1 Å². The van der Waals surface area contributed by atoms with Crippen LogP contribution in [-0.4, -0.2) is 17.2 Å². The number of nitrogens with one attached hydrogen (secondary N) is 1. The maximum Gasteiger partial charge on any atom is 0.425 e. The summed E-state index contributed by atoms with van der Waals surface area (Å²) in [6.45, 7) is 1.37. The lowest BCUT2D eigenvalue weighted by Crippen LogP contribution is -2.45. The maximum atomic E-state index is 13.2. The zero-order valence-corrected chi connectivity index (χ0v) is 11.6. The second-order valence-corrected chi connectivity index (χ2v) is 4.80. The number of rotatable bonds is 5. The summed E-state index contributed by atoms with van der Waals surface area (Å²) in [5, 5.41) is 12.2. The molecule has 0 bridgehead atoms. The minimum atomic E-state index is -5.06. The Morgan fingerprint density at radius 2 is 2.05 bits per heavy atom. The molecule has 0 aromatic carbocycles. The van der Waals surface area contributed by atoms with E-state index in [0.717, 1.165) is 6.07 Å². The highest BCUT2D eigenvalue weighted by molar-refractivity contribution is 5.77. The van der Waals surface area contributed by atoms with Crippen molar-refractivity contribution < 1.29 is 31.9 Å². The number of alkyl halides is 3. The third kappa shape index (κ3) is 3.33. The van der Waals surface area contributed by atoms with Gasteiger partial charge in [0.05, 0.1) is 19.2 Å². The van der Waals surface area contributed by atoms with Crippen molar-refractivity contribution in [1.29, 1.82) is 0 Å². The van der Waals surface area contributed by atoms with Crippen LogP contribution in [0, 0.1) is 6.92 Å². The Labute approximate surface area is 123 Å². The van der Waals surface area contributed by atoms with Crippen molar-refractivity contribution >= 4 is 5.91 Å². The molecule has 1 amide bonds. The highest BCUT2D eigenvalue weighted by atomic mass is 19.4. The fourth-order valence-electron chi connectivity index (χ4n) is 1.88. The van der Waals surface area contributed by atoms with Crippen molar-refractivity contribution in [3.8, 4) is 0 Å². The molecule has 120 valence electrons. The normalized spacial score (nSPS) is 14.6. The van der Waals surface area contributed by atoms with Crippen molar-refractivity contribution in [3.63, 3.8) is 0 Å². The third-order valence-electron chi connectivity index (χ3n) is 3.07. The van der Waals surface area contributed by atoms with Crippen LogP contribution in [-0.2, 0) is 16.9 Å². The number of hydrogen-bond acceptors (Lipinski definition) is 4. The van der Waals surface area contributed by atoms with Crippen molar-refractivity contribution in [1.82, 2.24) is 5.32 Å². The molecule has 5 nitrogen and oxygen atoms in total. The molecule has 2 N–H and O–H groups in total. The van der Waals surface area contributed by atoms with Gasteiger partial charge in [-0.25, -0.2) is 0 Å². The standard InChI is InChI=1S/C14H14F3NO4/c1-9-4-5-11(22-9)13(20,14(15,16)17)7-12(19)18-8-10-3-2-6-21-10/h2-6,20H,7-8H2,1H3,(H,18,19). The number of aliphatic hydroxyl groups is 1. The number of aryl methyl sites for hydroxylation is 1. The van der Waals surface area contributed by atoms with E-state index in [4.69, 9.17) is 8.83 Å². The third-order valence-corrected chi connectivity index (χ3v) is 3.07. The summed E-state index contributed by atoms with van der Waals surface area (Å²) in [6.07, 6.45) is -4.89. The largest absolute Gasteiger partial charge is 0.467 e. The van der Waals surface area contributed by atoms with E-state index in [1.165, 1.54) is 19.3 Å². The van der Waals surface area contributed by atoms with Gasteiger partial charge in [-0.1, -0.05) is 0 Å². The van der Waals surface area contributed by atoms with E-state index in [9.17, 15) is 23.1 Å². The topological polar surface area (TPSA) is 75.6 Å². The molecule has 0 radical (unpaired) electrons. The van der Waals surface area contributed by atoms with Crippen molar-refractivity contribution in [2.45, 2.75) is 31.7 Å². The van der Waals surface area contributed by atoms with Gasteiger partial charge < -0.3 is 19.3 Å².